The van der Waals surface area contributed by atoms with Crippen molar-refractivity contribution in [3.63, 3.8) is 0 Å². The number of nitrogens with two attached hydrogens (primary N) is 2. The molecule has 0 aliphatic carbocycles. The number of nitrogens with one attached hydrogen (secondary N) is 1. The van der Waals surface area contributed by atoms with Crippen molar-refractivity contribution in [1.29, 1.82) is 0 Å². The van der Waals surface area contributed by atoms with Gasteiger partial charge in [0.15, 0.2) is 0 Å². The normalized spacial score (nSPS) is 19.9. The van der Waals surface area contributed by atoms with Crippen LogP contribution in [-0.2, 0) is 14.8 Å². The lowest BCUT2D eigenvalue weighted by Crippen LogP contribution is -2.16. The van der Waals surface area contributed by atoms with E-state index in [0.29, 0.717) is 5.92 Å². The number of rotatable bonds is 4. The Morgan fingerprint density at radius 2 is 2.22 bits per heavy atom. The summed E-state index contributed by atoms with van der Waals surface area (Å²) in [5, 5.41) is 8.25. The third-order valence-corrected chi connectivity index (χ3v) is 3.92. The van der Waals surface area contributed by atoms with Gasteiger partial charge in [-0.2, -0.15) is 0 Å². The molecule has 0 spiro atoms. The molecular weight excluding hydrogens is 254 g/mol. The van der Waals surface area contributed by atoms with Crippen molar-refractivity contribution < 1.29 is 13.2 Å². The van der Waals surface area contributed by atoms with Crippen LogP contribution in [0.15, 0.2) is 23.1 Å². The molecule has 1 aromatic carbocycles. The van der Waals surface area contributed by atoms with Crippen LogP contribution in [0.5, 0.6) is 0 Å². The number of primary sulfonamides is 1. The minimum absolute atomic E-state index is 0.0442. The molecule has 1 aliphatic heterocycles. The summed E-state index contributed by atoms with van der Waals surface area (Å²) in [6.45, 7) is 2.35. The minimum atomic E-state index is -3.75. The molecule has 1 saturated heterocycles. The van der Waals surface area contributed by atoms with Crippen LogP contribution in [-0.4, -0.2) is 28.2 Å². The first-order valence-electron chi connectivity index (χ1n) is 5.71. The maximum atomic E-state index is 11.2. The quantitative estimate of drug-likeness (QED) is 0.685. The SMILES string of the molecule is Nc1cc(NCC2CCOC2)ccc1S(N)(=O)=O. The number of benzene rings is 1. The molecule has 1 heterocycles. The average molecular weight is 271 g/mol. The zero-order valence-corrected chi connectivity index (χ0v) is 10.7. The molecule has 18 heavy (non-hydrogen) atoms. The number of hydrogen-bond donors (Lipinski definition) is 3. The van der Waals surface area contributed by atoms with Crippen LogP contribution in [0, 0.1) is 5.92 Å². The molecule has 1 atom stereocenters. The highest BCUT2D eigenvalue weighted by molar-refractivity contribution is 7.89. The first-order chi connectivity index (χ1) is 8.47. The van der Waals surface area contributed by atoms with Gasteiger partial charge in [0.05, 0.1) is 12.3 Å². The number of sulfonamides is 1. The summed E-state index contributed by atoms with van der Waals surface area (Å²) in [7, 11) is -3.75. The van der Waals surface area contributed by atoms with Gasteiger partial charge in [0.2, 0.25) is 10.0 Å². The smallest absolute Gasteiger partial charge is 0.240 e. The van der Waals surface area contributed by atoms with Crippen molar-refractivity contribution in [3.05, 3.63) is 18.2 Å². The van der Waals surface area contributed by atoms with E-state index in [0.717, 1.165) is 31.9 Å². The molecule has 1 aliphatic rings. The lowest BCUT2D eigenvalue weighted by atomic mass is 10.1. The highest BCUT2D eigenvalue weighted by atomic mass is 32.2. The summed E-state index contributed by atoms with van der Waals surface area (Å²) >= 11 is 0. The predicted octanol–water partition coefficient (Wildman–Crippen LogP) is 0.365. The Bertz CT molecular complexity index is 524. The molecule has 0 radical (unpaired) electrons. The molecular formula is C11H17N3O3S. The van der Waals surface area contributed by atoms with Crippen molar-refractivity contribution in [2.24, 2.45) is 11.1 Å². The molecule has 1 aromatic rings. The largest absolute Gasteiger partial charge is 0.398 e. The Morgan fingerprint density at radius 1 is 1.44 bits per heavy atom. The van der Waals surface area contributed by atoms with Crippen LogP contribution in [0.4, 0.5) is 11.4 Å². The molecule has 2 rings (SSSR count). The van der Waals surface area contributed by atoms with E-state index in [1.807, 2.05) is 0 Å². The second-order valence-corrected chi connectivity index (χ2v) is 5.94. The van der Waals surface area contributed by atoms with Crippen LogP contribution in [0.2, 0.25) is 0 Å². The molecule has 6 nitrogen and oxygen atoms in total. The van der Waals surface area contributed by atoms with Crippen LogP contribution >= 0.6 is 0 Å². The van der Waals surface area contributed by atoms with E-state index >= 15 is 0 Å². The fourth-order valence-electron chi connectivity index (χ4n) is 1.92. The van der Waals surface area contributed by atoms with E-state index in [-0.39, 0.29) is 10.6 Å². The van der Waals surface area contributed by atoms with E-state index in [1.165, 1.54) is 6.07 Å². The molecule has 100 valence electrons. The summed E-state index contributed by atoms with van der Waals surface area (Å²) in [6, 6.07) is 4.65. The predicted molar refractivity (Wildman–Crippen MR) is 69.6 cm³/mol. The van der Waals surface area contributed by atoms with Crippen LogP contribution in [0.1, 0.15) is 6.42 Å². The van der Waals surface area contributed by atoms with E-state index in [9.17, 15) is 8.42 Å². The summed E-state index contributed by atoms with van der Waals surface area (Å²) in [6.07, 6.45) is 1.04. The lowest BCUT2D eigenvalue weighted by Gasteiger charge is -2.12. The zero-order valence-electron chi connectivity index (χ0n) is 9.93. The van der Waals surface area contributed by atoms with Gasteiger partial charge < -0.3 is 15.8 Å². The second kappa shape index (κ2) is 5.13. The van der Waals surface area contributed by atoms with Crippen molar-refractivity contribution in [2.75, 3.05) is 30.8 Å². The van der Waals surface area contributed by atoms with Crippen molar-refractivity contribution in [1.82, 2.24) is 0 Å². The number of hydrogen-bond acceptors (Lipinski definition) is 5. The molecule has 5 N–H and O–H groups in total. The van der Waals surface area contributed by atoms with Crippen molar-refractivity contribution >= 4 is 21.4 Å². The van der Waals surface area contributed by atoms with Gasteiger partial charge in [-0.15, -0.1) is 0 Å². The number of anilines is 2. The zero-order chi connectivity index (χ0) is 13.2. The fourth-order valence-corrected chi connectivity index (χ4v) is 2.57. The summed E-state index contributed by atoms with van der Waals surface area (Å²) < 4.78 is 27.7. The highest BCUT2D eigenvalue weighted by Crippen LogP contribution is 2.22. The van der Waals surface area contributed by atoms with Crippen molar-refractivity contribution in [3.8, 4) is 0 Å². The number of nitrogen functional groups attached to an aromatic ring is 1. The molecule has 1 fully saturated rings. The van der Waals surface area contributed by atoms with Gasteiger partial charge >= 0.3 is 0 Å². The Kier molecular flexibility index (Phi) is 3.74. The van der Waals surface area contributed by atoms with E-state index in [4.69, 9.17) is 15.6 Å². The Hall–Kier alpha value is -1.31. The first kappa shape index (κ1) is 13.1. The maximum Gasteiger partial charge on any atom is 0.240 e. The lowest BCUT2D eigenvalue weighted by molar-refractivity contribution is 0.187. The third-order valence-electron chi connectivity index (χ3n) is 2.94. The van der Waals surface area contributed by atoms with Gasteiger partial charge in [-0.25, -0.2) is 13.6 Å². The minimum Gasteiger partial charge on any atom is -0.398 e. The van der Waals surface area contributed by atoms with Gasteiger partial charge in [0, 0.05) is 24.8 Å². The summed E-state index contributed by atoms with van der Waals surface area (Å²) in [4.78, 5) is -0.0442. The van der Waals surface area contributed by atoms with Gasteiger partial charge in [-0.1, -0.05) is 0 Å². The summed E-state index contributed by atoms with van der Waals surface area (Å²) in [5.74, 6) is 0.490. The molecule has 0 saturated carbocycles. The summed E-state index contributed by atoms with van der Waals surface area (Å²) in [5.41, 5.74) is 6.61. The average Bonchev–Trinajstić information content (AvgIpc) is 2.77. The monoisotopic (exact) mass is 271 g/mol. The van der Waals surface area contributed by atoms with Gasteiger partial charge in [0.25, 0.3) is 0 Å². The molecule has 7 heteroatoms. The Labute approximate surface area is 106 Å². The van der Waals surface area contributed by atoms with Crippen molar-refractivity contribution in [2.45, 2.75) is 11.3 Å². The third kappa shape index (κ3) is 3.12. The Morgan fingerprint density at radius 3 is 2.78 bits per heavy atom. The first-order valence-corrected chi connectivity index (χ1v) is 7.25. The van der Waals surface area contributed by atoms with Gasteiger partial charge in [-0.05, 0) is 24.6 Å². The standard InChI is InChI=1S/C11H17N3O3S/c12-10-5-9(1-2-11(10)18(13,15)16)14-6-8-3-4-17-7-8/h1-2,5,8,14H,3-4,6-7,12H2,(H2,13,15,16). The van der Waals surface area contributed by atoms with Gasteiger partial charge in [0.1, 0.15) is 4.90 Å². The fraction of sp³-hybridized carbons (Fsp3) is 0.455. The van der Waals surface area contributed by atoms with E-state index in [1.54, 1.807) is 12.1 Å². The number of ether oxygens (including phenoxy) is 1. The van der Waals surface area contributed by atoms with Crippen LogP contribution < -0.4 is 16.2 Å². The molecule has 0 aromatic heterocycles. The Balaban J connectivity index is 2.04. The van der Waals surface area contributed by atoms with Gasteiger partial charge in [-0.3, -0.25) is 0 Å². The molecule has 0 bridgehead atoms. The van der Waals surface area contributed by atoms with E-state index in [2.05, 4.69) is 5.32 Å². The van der Waals surface area contributed by atoms with Crippen LogP contribution in [0.25, 0.3) is 0 Å². The maximum absolute atomic E-state index is 11.2. The molecule has 0 amide bonds. The van der Waals surface area contributed by atoms with E-state index < -0.39 is 10.0 Å². The highest BCUT2D eigenvalue weighted by Gasteiger charge is 2.16. The van der Waals surface area contributed by atoms with Crippen LogP contribution in [0.3, 0.4) is 0 Å². The topological polar surface area (TPSA) is 107 Å². The molecule has 1 unspecified atom stereocenters. The second-order valence-electron chi connectivity index (χ2n) is 4.41.